The van der Waals surface area contributed by atoms with Crippen LogP contribution < -0.4 is 15.4 Å². The largest absolute Gasteiger partial charge is 0.491 e. The number of carbonyl (C=O) groups excluding carboxylic acids is 1. The predicted octanol–water partition coefficient (Wildman–Crippen LogP) is 7.60. The third-order valence-electron chi connectivity index (χ3n) is 7.68. The van der Waals surface area contributed by atoms with Crippen molar-refractivity contribution in [1.29, 1.82) is 0 Å². The summed E-state index contributed by atoms with van der Waals surface area (Å²) >= 11 is 1.46. The van der Waals surface area contributed by atoms with Crippen LogP contribution in [0, 0.1) is 11.6 Å². The van der Waals surface area contributed by atoms with Crippen LogP contribution in [0.1, 0.15) is 47.8 Å². The summed E-state index contributed by atoms with van der Waals surface area (Å²) in [7, 11) is 0. The Morgan fingerprint density at radius 1 is 0.894 bits per heavy atom. The quantitative estimate of drug-likeness (QED) is 0.115. The highest BCUT2D eigenvalue weighted by atomic mass is 32.1. The molecule has 9 heteroatoms. The molecule has 5 rings (SSSR count). The molecular weight excluding hydrogens is 616 g/mol. The van der Waals surface area contributed by atoms with Crippen molar-refractivity contribution in [3.8, 4) is 27.4 Å². The van der Waals surface area contributed by atoms with Gasteiger partial charge in [0.2, 0.25) is 0 Å². The number of aliphatic hydroxyl groups is 1. The summed E-state index contributed by atoms with van der Waals surface area (Å²) in [5, 5.41) is 20.2. The Morgan fingerprint density at radius 3 is 2.30 bits per heavy atom. The lowest BCUT2D eigenvalue weighted by Gasteiger charge is -2.25. The second-order valence-electron chi connectivity index (χ2n) is 11.8. The molecule has 1 amide bonds. The highest BCUT2D eigenvalue weighted by Crippen LogP contribution is 2.31. The second kappa shape index (κ2) is 15.9. The number of nitrogens with one attached hydrogen (secondary N) is 2. The van der Waals surface area contributed by atoms with Crippen molar-refractivity contribution in [2.24, 2.45) is 0 Å². The number of rotatable bonds is 14. The van der Waals surface area contributed by atoms with Gasteiger partial charge in [0.1, 0.15) is 22.4 Å². The van der Waals surface area contributed by atoms with Gasteiger partial charge in [-0.3, -0.25) is 4.79 Å². The standard InChI is InChI=1S/C38H39F2N3O3S/c1-4-25-6-5-7-26(14-25)22-41-23-36(44)35(17-27-15-32(39)21-33(40)16-27)43-37(45)30-18-29(19-31(20-30)38-42-12-13-47-38)28-8-10-34(11-9-28)46-24(2)3/h5-16,18-21,24,35-36,41,44H,4,17,22-23H2,1-3H3,(H,43,45)/t35-,36+/m0/s1. The number of halogens is 2. The van der Waals surface area contributed by atoms with Crippen LogP contribution >= 0.6 is 11.3 Å². The molecule has 0 aliphatic rings. The number of nitrogens with zero attached hydrogens (tertiary/aromatic N) is 1. The summed E-state index contributed by atoms with van der Waals surface area (Å²) in [6.07, 6.45) is 1.62. The van der Waals surface area contributed by atoms with Crippen molar-refractivity contribution >= 4 is 17.2 Å². The molecule has 244 valence electrons. The van der Waals surface area contributed by atoms with Gasteiger partial charge in [0.15, 0.2) is 0 Å². The normalized spacial score (nSPS) is 12.6. The lowest BCUT2D eigenvalue weighted by Crippen LogP contribution is -2.48. The number of aromatic nitrogens is 1. The van der Waals surface area contributed by atoms with Crippen LogP contribution in [0.5, 0.6) is 5.75 Å². The average Bonchev–Trinajstić information content (AvgIpc) is 3.59. The molecule has 0 aliphatic heterocycles. The Morgan fingerprint density at radius 2 is 1.62 bits per heavy atom. The molecule has 0 saturated heterocycles. The number of amides is 1. The van der Waals surface area contributed by atoms with E-state index in [1.54, 1.807) is 18.3 Å². The zero-order valence-corrected chi connectivity index (χ0v) is 27.5. The monoisotopic (exact) mass is 655 g/mol. The number of ether oxygens (including phenoxy) is 1. The number of aliphatic hydroxyl groups excluding tert-OH is 1. The van der Waals surface area contributed by atoms with Crippen molar-refractivity contribution in [2.45, 2.75) is 58.4 Å². The molecule has 1 heterocycles. The predicted molar refractivity (Wildman–Crippen MR) is 184 cm³/mol. The minimum Gasteiger partial charge on any atom is -0.491 e. The highest BCUT2D eigenvalue weighted by Gasteiger charge is 2.24. The van der Waals surface area contributed by atoms with Crippen LogP contribution in [0.4, 0.5) is 8.78 Å². The summed E-state index contributed by atoms with van der Waals surface area (Å²) in [5.74, 6) is -1.13. The lowest BCUT2D eigenvalue weighted by atomic mass is 9.97. The van der Waals surface area contributed by atoms with Crippen molar-refractivity contribution in [3.05, 3.63) is 130 Å². The molecule has 47 heavy (non-hydrogen) atoms. The Kier molecular flexibility index (Phi) is 11.5. The Balaban J connectivity index is 1.40. The maximum Gasteiger partial charge on any atom is 0.251 e. The van der Waals surface area contributed by atoms with Gasteiger partial charge in [-0.2, -0.15) is 0 Å². The minimum absolute atomic E-state index is 0.0188. The highest BCUT2D eigenvalue weighted by molar-refractivity contribution is 7.13. The average molecular weight is 656 g/mol. The van der Waals surface area contributed by atoms with Gasteiger partial charge in [-0.1, -0.05) is 43.3 Å². The Hall–Kier alpha value is -4.44. The number of hydrogen-bond acceptors (Lipinski definition) is 6. The summed E-state index contributed by atoms with van der Waals surface area (Å²) in [5.41, 5.74) is 5.42. The summed E-state index contributed by atoms with van der Waals surface area (Å²) in [4.78, 5) is 18.3. The second-order valence-corrected chi connectivity index (χ2v) is 12.7. The summed E-state index contributed by atoms with van der Waals surface area (Å²) < 4.78 is 34.0. The smallest absolute Gasteiger partial charge is 0.251 e. The van der Waals surface area contributed by atoms with Gasteiger partial charge in [-0.05, 0) is 97.0 Å². The van der Waals surface area contributed by atoms with E-state index in [4.69, 9.17) is 4.74 Å². The van der Waals surface area contributed by atoms with Gasteiger partial charge in [0, 0.05) is 41.9 Å². The van der Waals surface area contributed by atoms with Crippen molar-refractivity contribution in [2.75, 3.05) is 6.54 Å². The first kappa shape index (κ1) is 33.9. The van der Waals surface area contributed by atoms with E-state index < -0.39 is 29.7 Å². The van der Waals surface area contributed by atoms with Gasteiger partial charge in [-0.15, -0.1) is 11.3 Å². The van der Waals surface area contributed by atoms with Gasteiger partial charge < -0.3 is 20.5 Å². The van der Waals surface area contributed by atoms with E-state index in [0.717, 1.165) is 45.5 Å². The van der Waals surface area contributed by atoms with Gasteiger partial charge in [0.05, 0.1) is 18.2 Å². The molecule has 5 aromatic rings. The first-order chi connectivity index (χ1) is 22.7. The molecule has 4 aromatic carbocycles. The van der Waals surface area contributed by atoms with E-state index in [1.165, 1.54) is 29.0 Å². The number of benzene rings is 4. The number of carbonyl (C=O) groups is 1. The SMILES string of the molecule is CCc1cccc(CNC[C@@H](O)[C@H](Cc2cc(F)cc(F)c2)NC(=O)c2cc(-c3ccc(OC(C)C)cc3)cc(-c3nccs3)c2)c1. The molecule has 0 unspecified atom stereocenters. The van der Waals surface area contributed by atoms with Crippen molar-refractivity contribution in [1.82, 2.24) is 15.6 Å². The maximum absolute atomic E-state index is 14.1. The zero-order chi connectivity index (χ0) is 33.3. The fraction of sp³-hybridized carbons (Fsp3) is 0.263. The topological polar surface area (TPSA) is 83.5 Å². The first-order valence-corrected chi connectivity index (χ1v) is 16.6. The maximum atomic E-state index is 14.1. The molecule has 6 nitrogen and oxygen atoms in total. The molecule has 1 aromatic heterocycles. The Labute approximate surface area is 278 Å². The van der Waals surface area contributed by atoms with Crippen molar-refractivity contribution < 1.29 is 23.4 Å². The molecule has 0 aliphatic carbocycles. The number of aryl methyl sites for hydroxylation is 1. The minimum atomic E-state index is -1.06. The van der Waals surface area contributed by atoms with E-state index in [9.17, 15) is 18.7 Å². The lowest BCUT2D eigenvalue weighted by molar-refractivity contribution is 0.0830. The van der Waals surface area contributed by atoms with Crippen molar-refractivity contribution in [3.63, 3.8) is 0 Å². The third kappa shape index (κ3) is 9.54. The zero-order valence-electron chi connectivity index (χ0n) is 26.7. The summed E-state index contributed by atoms with van der Waals surface area (Å²) in [6, 6.07) is 23.7. The molecular formula is C38H39F2N3O3S. The third-order valence-corrected chi connectivity index (χ3v) is 8.50. The van der Waals surface area contributed by atoms with E-state index >= 15 is 0 Å². The Bertz CT molecular complexity index is 1760. The molecule has 0 saturated carbocycles. The van der Waals surface area contributed by atoms with E-state index in [1.807, 2.05) is 61.7 Å². The molecule has 3 N–H and O–H groups in total. The van der Waals surface area contributed by atoms with Gasteiger partial charge in [-0.25, -0.2) is 13.8 Å². The van der Waals surface area contributed by atoms with Gasteiger partial charge >= 0.3 is 0 Å². The molecule has 0 spiro atoms. The molecule has 0 bridgehead atoms. The molecule has 0 fully saturated rings. The van der Waals surface area contributed by atoms with E-state index in [2.05, 4.69) is 34.7 Å². The van der Waals surface area contributed by atoms with Crippen LogP contribution in [0.2, 0.25) is 0 Å². The van der Waals surface area contributed by atoms with Crippen LogP contribution in [0.3, 0.4) is 0 Å². The van der Waals surface area contributed by atoms with E-state index in [-0.39, 0.29) is 19.1 Å². The van der Waals surface area contributed by atoms with Crippen LogP contribution in [0.15, 0.2) is 96.5 Å². The van der Waals surface area contributed by atoms with Gasteiger partial charge in [0.25, 0.3) is 5.91 Å². The van der Waals surface area contributed by atoms with Crippen LogP contribution in [-0.4, -0.2) is 40.8 Å². The molecule has 0 radical (unpaired) electrons. The van der Waals surface area contributed by atoms with Crippen LogP contribution in [-0.2, 0) is 19.4 Å². The fourth-order valence-corrected chi connectivity index (χ4v) is 6.02. The molecule has 2 atom stereocenters. The first-order valence-electron chi connectivity index (χ1n) is 15.7. The number of hydrogen-bond donors (Lipinski definition) is 3. The summed E-state index contributed by atoms with van der Waals surface area (Å²) in [6.45, 7) is 6.68. The van der Waals surface area contributed by atoms with E-state index in [0.29, 0.717) is 17.7 Å². The number of thiazole rings is 1. The fourth-order valence-electron chi connectivity index (χ4n) is 5.40. The van der Waals surface area contributed by atoms with Crippen LogP contribution in [0.25, 0.3) is 21.7 Å².